The molecule has 0 unspecified atom stereocenters. The molecule has 10 heteroatoms. The molecule has 1 amide bonds. The molecule has 0 saturated carbocycles. The normalized spacial score (nSPS) is 12.9. The number of ether oxygens (including phenoxy) is 1. The van der Waals surface area contributed by atoms with Gasteiger partial charge in [0.1, 0.15) is 21.9 Å². The van der Waals surface area contributed by atoms with E-state index in [-0.39, 0.29) is 22.0 Å². The molecule has 0 fully saturated rings. The molecule has 7 nitrogen and oxygen atoms in total. The van der Waals surface area contributed by atoms with Gasteiger partial charge in [-0.05, 0) is 32.8 Å². The van der Waals surface area contributed by atoms with Crippen LogP contribution >= 0.6 is 11.3 Å². The molecule has 2 N–H and O–H groups in total. The molecule has 3 aromatic heterocycles. The number of halogens is 2. The second kappa shape index (κ2) is 8.10. The number of rotatable bonds is 4. The lowest BCUT2D eigenvalue weighted by atomic mass is 10.0. The van der Waals surface area contributed by atoms with Gasteiger partial charge >= 0.3 is 6.09 Å². The molecule has 30 heavy (non-hydrogen) atoms. The molecule has 3 heterocycles. The fourth-order valence-corrected chi connectivity index (χ4v) is 3.83. The Morgan fingerprint density at radius 3 is 2.60 bits per heavy atom. The SMILES string of the molecule is CC(C)[C@H](NC(=O)OC(C)(C)C)c1nc2cc(-c3cc(F)ncc3F)sc2c(=O)[nH]1. The summed E-state index contributed by atoms with van der Waals surface area (Å²) in [5.74, 6) is -1.39. The molecule has 0 aliphatic rings. The smallest absolute Gasteiger partial charge is 0.408 e. The number of nitrogens with zero attached hydrogens (tertiary/aromatic N) is 2. The first-order valence-corrected chi connectivity index (χ1v) is 10.1. The lowest BCUT2D eigenvalue weighted by molar-refractivity contribution is 0.0486. The fraction of sp³-hybridized carbons (Fsp3) is 0.400. The van der Waals surface area contributed by atoms with E-state index in [1.807, 2.05) is 13.8 Å². The van der Waals surface area contributed by atoms with Crippen molar-refractivity contribution in [2.75, 3.05) is 0 Å². The van der Waals surface area contributed by atoms with Crippen molar-refractivity contribution < 1.29 is 18.3 Å². The maximum absolute atomic E-state index is 14.1. The molecule has 0 aromatic carbocycles. The van der Waals surface area contributed by atoms with Crippen LogP contribution in [0.3, 0.4) is 0 Å². The van der Waals surface area contributed by atoms with Crippen molar-refractivity contribution in [3.8, 4) is 10.4 Å². The Bertz CT molecular complexity index is 1150. The average molecular weight is 436 g/mol. The van der Waals surface area contributed by atoms with Gasteiger partial charge < -0.3 is 15.0 Å². The van der Waals surface area contributed by atoms with Gasteiger partial charge in [0.15, 0.2) is 0 Å². The predicted octanol–water partition coefficient (Wildman–Crippen LogP) is 4.55. The van der Waals surface area contributed by atoms with E-state index in [0.29, 0.717) is 10.4 Å². The highest BCUT2D eigenvalue weighted by Gasteiger charge is 2.25. The van der Waals surface area contributed by atoms with Gasteiger partial charge in [-0.3, -0.25) is 4.79 Å². The summed E-state index contributed by atoms with van der Waals surface area (Å²) < 4.78 is 33.1. The monoisotopic (exact) mass is 436 g/mol. The number of H-pyrrole nitrogens is 1. The molecule has 0 aliphatic heterocycles. The number of fused-ring (bicyclic) bond motifs is 1. The van der Waals surface area contributed by atoms with Crippen LogP contribution in [0.5, 0.6) is 0 Å². The number of thiophene rings is 1. The van der Waals surface area contributed by atoms with E-state index in [1.165, 1.54) is 6.07 Å². The Morgan fingerprint density at radius 2 is 1.97 bits per heavy atom. The summed E-state index contributed by atoms with van der Waals surface area (Å²) in [5, 5.41) is 2.73. The highest BCUT2D eigenvalue weighted by Crippen LogP contribution is 2.33. The minimum absolute atomic E-state index is 0.00117. The standard InChI is InChI=1S/C20H22F2N4O3S/c1-9(2)15(25-19(28)29-20(3,4)5)17-24-12-7-13(30-16(12)18(27)26-17)10-6-14(22)23-8-11(10)21/h6-9,15H,1-5H3,(H,25,28)(H,24,26,27)/t15-/m0/s1. The van der Waals surface area contributed by atoms with Crippen LogP contribution < -0.4 is 10.9 Å². The molecular weight excluding hydrogens is 414 g/mol. The number of carbonyl (C=O) groups excluding carboxylic acids is 1. The summed E-state index contributed by atoms with van der Waals surface area (Å²) in [6.45, 7) is 8.96. The van der Waals surface area contributed by atoms with Crippen LogP contribution in [-0.4, -0.2) is 26.6 Å². The Hall–Kier alpha value is -2.88. The minimum Gasteiger partial charge on any atom is -0.444 e. The molecule has 0 aliphatic carbocycles. The summed E-state index contributed by atoms with van der Waals surface area (Å²) in [7, 11) is 0. The topological polar surface area (TPSA) is 97.0 Å². The van der Waals surface area contributed by atoms with Crippen LogP contribution in [0.2, 0.25) is 0 Å². The van der Waals surface area contributed by atoms with Crippen molar-refractivity contribution in [2.45, 2.75) is 46.3 Å². The molecule has 0 saturated heterocycles. The molecule has 1 atom stereocenters. The third-order valence-corrected chi connectivity index (χ3v) is 5.28. The van der Waals surface area contributed by atoms with Gasteiger partial charge in [0.2, 0.25) is 5.95 Å². The average Bonchev–Trinajstić information content (AvgIpc) is 3.04. The quantitative estimate of drug-likeness (QED) is 0.585. The first kappa shape index (κ1) is 21.8. The number of carbonyl (C=O) groups is 1. The van der Waals surface area contributed by atoms with Crippen molar-refractivity contribution in [3.05, 3.63) is 46.3 Å². The maximum Gasteiger partial charge on any atom is 0.408 e. The van der Waals surface area contributed by atoms with Gasteiger partial charge in [-0.25, -0.2) is 19.2 Å². The van der Waals surface area contributed by atoms with Crippen molar-refractivity contribution in [2.24, 2.45) is 5.92 Å². The Balaban J connectivity index is 2.01. The highest BCUT2D eigenvalue weighted by molar-refractivity contribution is 7.22. The van der Waals surface area contributed by atoms with E-state index in [1.54, 1.807) is 20.8 Å². The van der Waals surface area contributed by atoms with Gasteiger partial charge in [-0.15, -0.1) is 11.3 Å². The lowest BCUT2D eigenvalue weighted by Crippen LogP contribution is -2.38. The number of pyridine rings is 1. The van der Waals surface area contributed by atoms with E-state index in [2.05, 4.69) is 20.3 Å². The van der Waals surface area contributed by atoms with Gasteiger partial charge in [-0.2, -0.15) is 4.39 Å². The number of alkyl carbamates (subject to hydrolysis) is 1. The molecule has 0 spiro atoms. The molecule has 3 rings (SSSR count). The molecule has 160 valence electrons. The first-order chi connectivity index (χ1) is 13.9. The number of amides is 1. The number of hydrogen-bond acceptors (Lipinski definition) is 6. The van der Waals surface area contributed by atoms with Crippen molar-refractivity contribution >= 4 is 27.6 Å². The fourth-order valence-electron chi connectivity index (χ4n) is 2.83. The third-order valence-electron chi connectivity index (χ3n) is 4.12. The summed E-state index contributed by atoms with van der Waals surface area (Å²) in [4.78, 5) is 35.6. The molecule has 3 aromatic rings. The zero-order valence-electron chi connectivity index (χ0n) is 17.2. The molecule has 0 radical (unpaired) electrons. The summed E-state index contributed by atoms with van der Waals surface area (Å²) in [6.07, 6.45) is 0.154. The first-order valence-electron chi connectivity index (χ1n) is 9.29. The van der Waals surface area contributed by atoms with Gasteiger partial charge in [-0.1, -0.05) is 13.8 Å². The Morgan fingerprint density at radius 1 is 1.27 bits per heavy atom. The van der Waals surface area contributed by atoms with Gasteiger partial charge in [0.25, 0.3) is 5.56 Å². The number of nitrogens with one attached hydrogen (secondary N) is 2. The zero-order valence-corrected chi connectivity index (χ0v) is 18.0. The largest absolute Gasteiger partial charge is 0.444 e. The van der Waals surface area contributed by atoms with Gasteiger partial charge in [0.05, 0.1) is 17.8 Å². The highest BCUT2D eigenvalue weighted by atomic mass is 32.1. The second-order valence-corrected chi connectivity index (χ2v) is 9.18. The Labute approximate surface area is 175 Å². The summed E-state index contributed by atoms with van der Waals surface area (Å²) in [6, 6.07) is 1.87. The number of aromatic amines is 1. The predicted molar refractivity (Wildman–Crippen MR) is 110 cm³/mol. The third kappa shape index (κ3) is 4.81. The van der Waals surface area contributed by atoms with Crippen LogP contribution in [0.25, 0.3) is 20.7 Å². The van der Waals surface area contributed by atoms with E-state index in [9.17, 15) is 18.4 Å². The minimum atomic E-state index is -0.826. The van der Waals surface area contributed by atoms with E-state index in [0.717, 1.165) is 23.6 Å². The number of hydrogen-bond donors (Lipinski definition) is 2. The van der Waals surface area contributed by atoms with Crippen molar-refractivity contribution in [1.82, 2.24) is 20.3 Å². The van der Waals surface area contributed by atoms with E-state index < -0.39 is 35.1 Å². The van der Waals surface area contributed by atoms with Crippen LogP contribution in [0.4, 0.5) is 13.6 Å². The summed E-state index contributed by atoms with van der Waals surface area (Å²) >= 11 is 0.998. The maximum atomic E-state index is 14.1. The van der Waals surface area contributed by atoms with Crippen LogP contribution in [0.15, 0.2) is 23.1 Å². The van der Waals surface area contributed by atoms with Crippen LogP contribution in [0, 0.1) is 17.7 Å². The van der Waals surface area contributed by atoms with Crippen molar-refractivity contribution in [3.63, 3.8) is 0 Å². The van der Waals surface area contributed by atoms with Crippen molar-refractivity contribution in [1.29, 1.82) is 0 Å². The number of aromatic nitrogens is 3. The van der Waals surface area contributed by atoms with Gasteiger partial charge in [0, 0.05) is 16.5 Å². The van der Waals surface area contributed by atoms with Crippen LogP contribution in [-0.2, 0) is 4.74 Å². The van der Waals surface area contributed by atoms with Crippen LogP contribution in [0.1, 0.15) is 46.5 Å². The lowest BCUT2D eigenvalue weighted by Gasteiger charge is -2.25. The van der Waals surface area contributed by atoms with E-state index in [4.69, 9.17) is 4.74 Å². The molecule has 0 bridgehead atoms. The summed E-state index contributed by atoms with van der Waals surface area (Å²) in [5.41, 5.74) is -0.790. The second-order valence-electron chi connectivity index (χ2n) is 8.13. The molecular formula is C20H22F2N4O3S. The van der Waals surface area contributed by atoms with E-state index >= 15 is 0 Å². The zero-order chi connectivity index (χ0) is 22.2. The Kier molecular flexibility index (Phi) is 5.89.